The van der Waals surface area contributed by atoms with E-state index in [1.165, 1.54) is 0 Å². The minimum Gasteiger partial charge on any atom is -0.467 e. The molecule has 2 N–H and O–H groups in total. The van der Waals surface area contributed by atoms with Crippen molar-refractivity contribution in [2.75, 3.05) is 6.54 Å². The normalized spacial score (nSPS) is 12.4. The first-order chi connectivity index (χ1) is 9.11. The van der Waals surface area contributed by atoms with Crippen LogP contribution in [0.2, 0.25) is 0 Å². The Morgan fingerprint density at radius 1 is 1.63 bits per heavy atom. The highest BCUT2D eigenvalue weighted by Crippen LogP contribution is 2.14. The quantitative estimate of drug-likeness (QED) is 0.874. The number of aryl methyl sites for hydroxylation is 1. The van der Waals surface area contributed by atoms with Crippen molar-refractivity contribution in [3.8, 4) is 0 Å². The van der Waals surface area contributed by atoms with Crippen molar-refractivity contribution in [1.82, 2.24) is 14.7 Å². The van der Waals surface area contributed by atoms with E-state index in [0.29, 0.717) is 18.7 Å². The van der Waals surface area contributed by atoms with Crippen LogP contribution in [0.3, 0.4) is 0 Å². The Kier molecular flexibility index (Phi) is 4.01. The zero-order valence-corrected chi connectivity index (χ0v) is 11.1. The van der Waals surface area contributed by atoms with Crippen LogP contribution in [-0.4, -0.2) is 27.1 Å². The van der Waals surface area contributed by atoms with E-state index in [1.807, 2.05) is 13.0 Å². The van der Waals surface area contributed by atoms with Crippen LogP contribution in [0.5, 0.6) is 0 Å². The van der Waals surface area contributed by atoms with Crippen molar-refractivity contribution >= 4 is 5.91 Å². The highest BCUT2D eigenvalue weighted by Gasteiger charge is 2.23. The Bertz CT molecular complexity index is 533. The number of carbonyl (C=O) groups excluding carboxylic acids is 1. The molecule has 0 radical (unpaired) electrons. The molecule has 2 rings (SSSR count). The van der Waals surface area contributed by atoms with Gasteiger partial charge in [-0.1, -0.05) is 0 Å². The third-order valence-electron chi connectivity index (χ3n) is 2.97. The van der Waals surface area contributed by atoms with Gasteiger partial charge in [-0.2, -0.15) is 5.10 Å². The number of furan rings is 1. The van der Waals surface area contributed by atoms with Gasteiger partial charge in [-0.15, -0.1) is 0 Å². The molecule has 0 fully saturated rings. The van der Waals surface area contributed by atoms with Gasteiger partial charge >= 0.3 is 0 Å². The van der Waals surface area contributed by atoms with E-state index >= 15 is 0 Å². The summed E-state index contributed by atoms with van der Waals surface area (Å²) in [5.41, 5.74) is 6.70. The number of aromatic nitrogens is 2. The van der Waals surface area contributed by atoms with Gasteiger partial charge in [0.15, 0.2) is 0 Å². The molecule has 1 atom stereocenters. The van der Waals surface area contributed by atoms with E-state index in [1.54, 1.807) is 41.4 Å². The van der Waals surface area contributed by atoms with Gasteiger partial charge in [0.1, 0.15) is 11.8 Å². The average Bonchev–Trinajstić information content (AvgIpc) is 3.05. The van der Waals surface area contributed by atoms with Crippen molar-refractivity contribution in [1.29, 1.82) is 0 Å². The van der Waals surface area contributed by atoms with E-state index in [0.717, 1.165) is 5.76 Å². The van der Waals surface area contributed by atoms with Crippen LogP contribution in [0.25, 0.3) is 0 Å². The maximum Gasteiger partial charge on any atom is 0.244 e. The summed E-state index contributed by atoms with van der Waals surface area (Å²) in [6.45, 7) is 2.92. The summed E-state index contributed by atoms with van der Waals surface area (Å²) in [6, 6.07) is 2.95. The fourth-order valence-electron chi connectivity index (χ4n) is 1.88. The summed E-state index contributed by atoms with van der Waals surface area (Å²) < 4.78 is 6.88. The summed E-state index contributed by atoms with van der Waals surface area (Å²) in [4.78, 5) is 14.0. The standard InChI is InChI=1S/C13H18N4O2/c1-3-17(9-11-5-4-6-19-11)13(18)12(14)10-7-15-16(2)8-10/h4-8,12H,3,9,14H2,1-2H3. The third-order valence-corrected chi connectivity index (χ3v) is 2.97. The molecule has 0 saturated heterocycles. The lowest BCUT2D eigenvalue weighted by molar-refractivity contribution is -0.133. The summed E-state index contributed by atoms with van der Waals surface area (Å²) in [5.74, 6) is 0.612. The summed E-state index contributed by atoms with van der Waals surface area (Å²) in [5, 5.41) is 4.03. The van der Waals surface area contributed by atoms with Gasteiger partial charge in [-0.3, -0.25) is 9.48 Å². The number of amides is 1. The van der Waals surface area contributed by atoms with Crippen molar-refractivity contribution in [2.45, 2.75) is 19.5 Å². The molecule has 0 saturated carbocycles. The number of carbonyl (C=O) groups is 1. The van der Waals surface area contributed by atoms with Gasteiger partial charge in [-0.05, 0) is 19.1 Å². The van der Waals surface area contributed by atoms with E-state index in [9.17, 15) is 4.79 Å². The first kappa shape index (κ1) is 13.4. The SMILES string of the molecule is CCN(Cc1ccco1)C(=O)C(N)c1cnn(C)c1. The number of rotatable bonds is 5. The van der Waals surface area contributed by atoms with Gasteiger partial charge in [0.25, 0.3) is 0 Å². The lowest BCUT2D eigenvalue weighted by Crippen LogP contribution is -2.37. The molecule has 102 valence electrons. The van der Waals surface area contributed by atoms with E-state index in [4.69, 9.17) is 10.2 Å². The fraction of sp³-hybridized carbons (Fsp3) is 0.385. The predicted octanol–water partition coefficient (Wildman–Crippen LogP) is 1.06. The maximum atomic E-state index is 12.3. The zero-order chi connectivity index (χ0) is 13.8. The van der Waals surface area contributed by atoms with Gasteiger partial charge in [0, 0.05) is 25.4 Å². The van der Waals surface area contributed by atoms with Crippen LogP contribution in [0.4, 0.5) is 0 Å². The van der Waals surface area contributed by atoms with Crippen LogP contribution in [0.1, 0.15) is 24.3 Å². The van der Waals surface area contributed by atoms with Crippen molar-refractivity contribution in [3.63, 3.8) is 0 Å². The molecule has 6 heteroatoms. The largest absolute Gasteiger partial charge is 0.467 e. The molecular weight excluding hydrogens is 244 g/mol. The summed E-state index contributed by atoms with van der Waals surface area (Å²) in [7, 11) is 1.79. The molecule has 0 aliphatic carbocycles. The van der Waals surface area contributed by atoms with Crippen LogP contribution in [0, 0.1) is 0 Å². The third kappa shape index (κ3) is 3.03. The second kappa shape index (κ2) is 5.71. The lowest BCUT2D eigenvalue weighted by atomic mass is 10.1. The number of likely N-dealkylation sites (N-methyl/N-ethyl adjacent to an activating group) is 1. The molecule has 2 aromatic rings. The monoisotopic (exact) mass is 262 g/mol. The van der Waals surface area contributed by atoms with Gasteiger partial charge in [-0.25, -0.2) is 0 Å². The molecule has 2 aromatic heterocycles. The maximum absolute atomic E-state index is 12.3. The molecule has 0 aliphatic heterocycles. The summed E-state index contributed by atoms with van der Waals surface area (Å²) in [6.07, 6.45) is 4.96. The van der Waals surface area contributed by atoms with Crippen LogP contribution >= 0.6 is 0 Å². The number of hydrogen-bond acceptors (Lipinski definition) is 4. The molecule has 6 nitrogen and oxygen atoms in total. The first-order valence-electron chi connectivity index (χ1n) is 6.17. The Morgan fingerprint density at radius 3 is 2.95 bits per heavy atom. The molecule has 1 amide bonds. The summed E-state index contributed by atoms with van der Waals surface area (Å²) >= 11 is 0. The van der Waals surface area contributed by atoms with E-state index in [-0.39, 0.29) is 5.91 Å². The molecule has 0 bridgehead atoms. The van der Waals surface area contributed by atoms with Gasteiger partial charge < -0.3 is 15.1 Å². The highest BCUT2D eigenvalue weighted by molar-refractivity contribution is 5.82. The topological polar surface area (TPSA) is 77.3 Å². The number of hydrogen-bond donors (Lipinski definition) is 1. The minimum atomic E-state index is -0.691. The Morgan fingerprint density at radius 2 is 2.42 bits per heavy atom. The second-order valence-electron chi connectivity index (χ2n) is 4.36. The van der Waals surface area contributed by atoms with E-state index < -0.39 is 6.04 Å². The zero-order valence-electron chi connectivity index (χ0n) is 11.1. The molecule has 0 aromatic carbocycles. The average molecular weight is 262 g/mol. The smallest absolute Gasteiger partial charge is 0.244 e. The Balaban J connectivity index is 2.07. The van der Waals surface area contributed by atoms with Crippen molar-refractivity contribution in [3.05, 3.63) is 42.1 Å². The molecular formula is C13H18N4O2. The molecule has 1 unspecified atom stereocenters. The molecule has 0 aliphatic rings. The van der Waals surface area contributed by atoms with Crippen LogP contribution < -0.4 is 5.73 Å². The predicted molar refractivity (Wildman–Crippen MR) is 69.9 cm³/mol. The van der Waals surface area contributed by atoms with Gasteiger partial charge in [0.2, 0.25) is 5.91 Å². The minimum absolute atomic E-state index is 0.132. The fourth-order valence-corrected chi connectivity index (χ4v) is 1.88. The van der Waals surface area contributed by atoms with Gasteiger partial charge in [0.05, 0.1) is 19.0 Å². The second-order valence-corrected chi connectivity index (χ2v) is 4.36. The van der Waals surface area contributed by atoms with Crippen molar-refractivity contribution in [2.24, 2.45) is 12.8 Å². The first-order valence-corrected chi connectivity index (χ1v) is 6.17. The van der Waals surface area contributed by atoms with Crippen molar-refractivity contribution < 1.29 is 9.21 Å². The molecule has 0 spiro atoms. The Hall–Kier alpha value is -2.08. The number of nitrogens with two attached hydrogens (primary N) is 1. The van der Waals surface area contributed by atoms with Crippen LogP contribution in [0.15, 0.2) is 35.2 Å². The highest BCUT2D eigenvalue weighted by atomic mass is 16.3. The van der Waals surface area contributed by atoms with E-state index in [2.05, 4.69) is 5.10 Å². The molecule has 2 heterocycles. The Labute approximate surface area is 111 Å². The lowest BCUT2D eigenvalue weighted by Gasteiger charge is -2.22. The number of nitrogens with zero attached hydrogens (tertiary/aromatic N) is 3. The van der Waals surface area contributed by atoms with Crippen LogP contribution in [-0.2, 0) is 18.4 Å². The molecule has 19 heavy (non-hydrogen) atoms.